The lowest BCUT2D eigenvalue weighted by Crippen LogP contribution is -2.24. The van der Waals surface area contributed by atoms with Crippen LogP contribution in [-0.2, 0) is 32.1 Å². The van der Waals surface area contributed by atoms with Crippen LogP contribution >= 0.6 is 6.49 Å². The zero-order valence-electron chi connectivity index (χ0n) is 10.4. The molecule has 0 fully saturated rings. The maximum atomic E-state index is 11.0. The van der Waals surface area contributed by atoms with Crippen molar-refractivity contribution in [1.82, 2.24) is 4.98 Å². The number of nitrogens with zero attached hydrogens (tertiary/aromatic N) is 1. The zero-order chi connectivity index (χ0) is 15.2. The molecule has 0 saturated carbocycles. The third-order valence-electron chi connectivity index (χ3n) is 2.28. The van der Waals surface area contributed by atoms with Gasteiger partial charge >= 0.3 is 11.9 Å². The molecule has 0 aliphatic rings. The first-order valence-corrected chi connectivity index (χ1v) is 8.51. The molecule has 110 valence electrons. The highest BCUT2D eigenvalue weighted by atomic mass is 32.5. The van der Waals surface area contributed by atoms with E-state index in [0.717, 1.165) is 0 Å². The molecule has 20 heavy (non-hydrogen) atoms. The van der Waals surface area contributed by atoms with Gasteiger partial charge in [0, 0.05) is 18.3 Å². The number of carbonyl (C=O) groups is 2. The van der Waals surface area contributed by atoms with Crippen LogP contribution in [0.1, 0.15) is 18.5 Å². The standard InChI is InChI=1S/C11H14NO6PS/c13-10(14)5-4-9(11(15)16)18-19(17,20)7-8-3-1-2-6-12-8/h1-3,6,9H,4-5,7H2,(H,13,14)(H,15,16)(H,17,20). The smallest absolute Gasteiger partial charge is 0.333 e. The SMILES string of the molecule is O=C(O)CCC(OP(O)(=S)Cc1ccccn1)C(=O)O. The van der Waals surface area contributed by atoms with Crippen LogP contribution in [-0.4, -0.2) is 38.1 Å². The van der Waals surface area contributed by atoms with E-state index in [9.17, 15) is 14.5 Å². The molecule has 0 spiro atoms. The van der Waals surface area contributed by atoms with Crippen molar-refractivity contribution in [3.8, 4) is 0 Å². The van der Waals surface area contributed by atoms with Crippen molar-refractivity contribution in [3.63, 3.8) is 0 Å². The van der Waals surface area contributed by atoms with Gasteiger partial charge < -0.3 is 19.6 Å². The Balaban J connectivity index is 2.68. The van der Waals surface area contributed by atoms with Gasteiger partial charge in [0.1, 0.15) is 0 Å². The van der Waals surface area contributed by atoms with E-state index in [-0.39, 0.29) is 19.0 Å². The summed E-state index contributed by atoms with van der Waals surface area (Å²) in [6.07, 6.45) is -0.628. The second-order valence-corrected chi connectivity index (χ2v) is 7.50. The lowest BCUT2D eigenvalue weighted by Gasteiger charge is -2.20. The summed E-state index contributed by atoms with van der Waals surface area (Å²) < 4.78 is 5.03. The van der Waals surface area contributed by atoms with Gasteiger partial charge in [-0.05, 0) is 30.4 Å². The van der Waals surface area contributed by atoms with Crippen molar-refractivity contribution in [3.05, 3.63) is 30.1 Å². The third-order valence-corrected chi connectivity index (χ3v) is 4.23. The van der Waals surface area contributed by atoms with Crippen LogP contribution in [0.5, 0.6) is 0 Å². The molecule has 1 aromatic heterocycles. The lowest BCUT2D eigenvalue weighted by atomic mass is 10.2. The molecule has 9 heteroatoms. The average molecular weight is 319 g/mol. The second-order valence-electron chi connectivity index (χ2n) is 3.98. The summed E-state index contributed by atoms with van der Waals surface area (Å²) in [6.45, 7) is -3.39. The van der Waals surface area contributed by atoms with E-state index >= 15 is 0 Å². The molecule has 0 saturated heterocycles. The Morgan fingerprint density at radius 3 is 2.60 bits per heavy atom. The minimum atomic E-state index is -3.39. The monoisotopic (exact) mass is 319 g/mol. The molecule has 1 heterocycles. The highest BCUT2D eigenvalue weighted by Crippen LogP contribution is 2.47. The highest BCUT2D eigenvalue weighted by molar-refractivity contribution is 8.09. The predicted octanol–water partition coefficient (Wildman–Crippen LogP) is 1.22. The summed E-state index contributed by atoms with van der Waals surface area (Å²) in [4.78, 5) is 35.4. The molecule has 0 aliphatic heterocycles. The van der Waals surface area contributed by atoms with Crippen LogP contribution in [0.25, 0.3) is 0 Å². The lowest BCUT2D eigenvalue weighted by molar-refractivity contribution is -0.146. The first-order valence-electron chi connectivity index (χ1n) is 5.65. The van der Waals surface area contributed by atoms with Gasteiger partial charge in [-0.15, -0.1) is 0 Å². The minimum absolute atomic E-state index is 0.0694. The predicted molar refractivity (Wildman–Crippen MR) is 73.8 cm³/mol. The van der Waals surface area contributed by atoms with Crippen molar-refractivity contribution < 1.29 is 29.2 Å². The Morgan fingerprint density at radius 1 is 1.40 bits per heavy atom. The normalized spacial score (nSPS) is 15.2. The number of aliphatic carboxylic acids is 2. The molecule has 2 atom stereocenters. The molecule has 2 unspecified atom stereocenters. The van der Waals surface area contributed by atoms with E-state index < -0.39 is 24.5 Å². The molecule has 0 aromatic carbocycles. The van der Waals surface area contributed by atoms with E-state index in [1.807, 2.05) is 0 Å². The quantitative estimate of drug-likeness (QED) is 0.612. The summed E-state index contributed by atoms with van der Waals surface area (Å²) in [5.74, 6) is -2.49. The number of carboxylic acids is 2. The van der Waals surface area contributed by atoms with Crippen LogP contribution < -0.4 is 0 Å². The molecular weight excluding hydrogens is 305 g/mol. The number of hydrogen-bond acceptors (Lipinski definition) is 5. The fourth-order valence-corrected chi connectivity index (χ4v) is 3.38. The van der Waals surface area contributed by atoms with Crippen LogP contribution in [0.2, 0.25) is 0 Å². The maximum Gasteiger partial charge on any atom is 0.333 e. The molecule has 1 rings (SSSR count). The van der Waals surface area contributed by atoms with E-state index in [2.05, 4.69) is 4.98 Å². The highest BCUT2D eigenvalue weighted by Gasteiger charge is 2.27. The maximum absolute atomic E-state index is 11.0. The Morgan fingerprint density at radius 2 is 2.10 bits per heavy atom. The Hall–Kier alpha value is -1.34. The van der Waals surface area contributed by atoms with Crippen LogP contribution in [0.4, 0.5) is 0 Å². The average Bonchev–Trinajstić information content (AvgIpc) is 2.34. The molecule has 0 bridgehead atoms. The molecule has 3 N–H and O–H groups in total. The van der Waals surface area contributed by atoms with E-state index in [4.69, 9.17) is 26.5 Å². The van der Waals surface area contributed by atoms with Crippen molar-refractivity contribution >= 4 is 30.2 Å². The van der Waals surface area contributed by atoms with Crippen LogP contribution in [0, 0.1) is 0 Å². The van der Waals surface area contributed by atoms with Gasteiger partial charge in [-0.25, -0.2) is 4.79 Å². The molecule has 7 nitrogen and oxygen atoms in total. The van der Waals surface area contributed by atoms with Gasteiger partial charge in [0.15, 0.2) is 12.6 Å². The fraction of sp³-hybridized carbons (Fsp3) is 0.364. The van der Waals surface area contributed by atoms with Crippen molar-refractivity contribution in [2.24, 2.45) is 0 Å². The number of pyridine rings is 1. The van der Waals surface area contributed by atoms with Gasteiger partial charge in [0.2, 0.25) is 0 Å². The molecule has 0 aliphatic carbocycles. The topological polar surface area (TPSA) is 117 Å². The molecular formula is C11H14NO6PS. The number of hydrogen-bond donors (Lipinski definition) is 3. The first kappa shape index (κ1) is 16.7. The zero-order valence-corrected chi connectivity index (χ0v) is 12.1. The van der Waals surface area contributed by atoms with Crippen LogP contribution in [0.15, 0.2) is 24.4 Å². The molecule has 0 radical (unpaired) electrons. The van der Waals surface area contributed by atoms with E-state index in [1.54, 1.807) is 18.2 Å². The largest absolute Gasteiger partial charge is 0.481 e. The first-order chi connectivity index (χ1) is 9.30. The minimum Gasteiger partial charge on any atom is -0.481 e. The Kier molecular flexibility index (Phi) is 6.22. The number of carboxylic acid groups (broad SMARTS) is 2. The molecule has 0 amide bonds. The van der Waals surface area contributed by atoms with Gasteiger partial charge in [-0.1, -0.05) is 6.07 Å². The van der Waals surface area contributed by atoms with Gasteiger partial charge in [0.25, 0.3) is 0 Å². The van der Waals surface area contributed by atoms with Gasteiger partial charge in [-0.2, -0.15) is 0 Å². The Labute approximate surface area is 120 Å². The number of rotatable bonds is 8. The summed E-state index contributed by atoms with van der Waals surface area (Å²) in [6, 6.07) is 5.03. The van der Waals surface area contributed by atoms with Crippen molar-refractivity contribution in [2.45, 2.75) is 25.1 Å². The summed E-state index contributed by atoms with van der Waals surface area (Å²) in [5.41, 5.74) is 0.487. The summed E-state index contributed by atoms with van der Waals surface area (Å²) >= 11 is 4.89. The van der Waals surface area contributed by atoms with Gasteiger partial charge in [-0.3, -0.25) is 9.78 Å². The van der Waals surface area contributed by atoms with Crippen molar-refractivity contribution in [2.75, 3.05) is 0 Å². The second kappa shape index (κ2) is 7.44. The molecule has 1 aromatic rings. The Bertz CT molecular complexity index is 523. The van der Waals surface area contributed by atoms with Crippen LogP contribution in [0.3, 0.4) is 0 Å². The van der Waals surface area contributed by atoms with Crippen molar-refractivity contribution in [1.29, 1.82) is 0 Å². The van der Waals surface area contributed by atoms with E-state index in [1.165, 1.54) is 6.20 Å². The van der Waals surface area contributed by atoms with E-state index in [0.29, 0.717) is 5.69 Å². The fourth-order valence-electron chi connectivity index (χ4n) is 1.41. The number of aromatic nitrogens is 1. The third kappa shape index (κ3) is 6.21. The summed E-state index contributed by atoms with van der Waals surface area (Å²) in [5, 5.41) is 17.5. The summed E-state index contributed by atoms with van der Waals surface area (Å²) in [7, 11) is 0. The van der Waals surface area contributed by atoms with Gasteiger partial charge in [0.05, 0.1) is 6.16 Å².